The molecule has 2 aromatic rings. The van der Waals surface area contributed by atoms with Gasteiger partial charge in [-0.05, 0) is 23.8 Å². The summed E-state index contributed by atoms with van der Waals surface area (Å²) in [6, 6.07) is 6.35. The van der Waals surface area contributed by atoms with E-state index in [0.717, 1.165) is 4.57 Å². The van der Waals surface area contributed by atoms with Crippen LogP contribution in [0.3, 0.4) is 0 Å². The number of anilines is 1. The van der Waals surface area contributed by atoms with Gasteiger partial charge in [0.2, 0.25) is 0 Å². The first kappa shape index (κ1) is 18.8. The standard InChI is InChI=1S/C16H17N3O7/c1-24-11-4-3-10(7-12(11)25-2)9-26-16(23)18-13-5-6-19(8-14(20)21)15(22)17-13/h3-7H,8-9H2,1-2H3,(H,20,21)(H,17,18,22,23). The molecule has 0 atom stereocenters. The Bertz CT molecular complexity index is 863. The van der Waals surface area contributed by atoms with Crippen LogP contribution in [0.1, 0.15) is 5.56 Å². The predicted molar refractivity (Wildman–Crippen MR) is 89.5 cm³/mol. The average Bonchev–Trinajstić information content (AvgIpc) is 2.61. The van der Waals surface area contributed by atoms with Crippen molar-refractivity contribution >= 4 is 17.9 Å². The molecule has 0 saturated carbocycles. The van der Waals surface area contributed by atoms with Crippen molar-refractivity contribution in [2.24, 2.45) is 0 Å². The zero-order valence-electron chi connectivity index (χ0n) is 14.1. The normalized spacial score (nSPS) is 10.1. The van der Waals surface area contributed by atoms with Crippen LogP contribution in [0.4, 0.5) is 10.6 Å². The van der Waals surface area contributed by atoms with E-state index in [2.05, 4.69) is 10.3 Å². The first-order valence-electron chi connectivity index (χ1n) is 7.37. The molecule has 1 aromatic heterocycles. The van der Waals surface area contributed by atoms with Crippen LogP contribution < -0.4 is 20.5 Å². The summed E-state index contributed by atoms with van der Waals surface area (Å²) in [6.45, 7) is -0.557. The quantitative estimate of drug-likeness (QED) is 0.748. The fourth-order valence-electron chi connectivity index (χ4n) is 2.02. The van der Waals surface area contributed by atoms with Crippen LogP contribution in [0.25, 0.3) is 0 Å². The Morgan fingerprint density at radius 2 is 1.92 bits per heavy atom. The highest BCUT2D eigenvalue weighted by molar-refractivity contribution is 5.83. The third-order valence-electron chi connectivity index (χ3n) is 3.23. The Hall–Kier alpha value is -3.56. The molecule has 1 heterocycles. The van der Waals surface area contributed by atoms with Crippen LogP contribution in [-0.2, 0) is 22.7 Å². The SMILES string of the molecule is COc1ccc(COC(=O)Nc2ccn(CC(=O)O)c(=O)n2)cc1OC. The lowest BCUT2D eigenvalue weighted by Gasteiger charge is -2.10. The van der Waals surface area contributed by atoms with E-state index in [1.54, 1.807) is 18.2 Å². The highest BCUT2D eigenvalue weighted by Gasteiger charge is 2.10. The number of carboxylic acid groups (broad SMARTS) is 1. The molecule has 138 valence electrons. The van der Waals surface area contributed by atoms with Crippen LogP contribution >= 0.6 is 0 Å². The maximum Gasteiger partial charge on any atom is 0.413 e. The molecule has 0 unspecified atom stereocenters. The molecule has 0 aliphatic carbocycles. The first-order valence-corrected chi connectivity index (χ1v) is 7.37. The molecular weight excluding hydrogens is 346 g/mol. The van der Waals surface area contributed by atoms with Gasteiger partial charge in [0.1, 0.15) is 19.0 Å². The minimum atomic E-state index is -1.18. The van der Waals surface area contributed by atoms with Crippen LogP contribution in [0.5, 0.6) is 11.5 Å². The number of aromatic nitrogens is 2. The van der Waals surface area contributed by atoms with Gasteiger partial charge in [-0.2, -0.15) is 4.98 Å². The summed E-state index contributed by atoms with van der Waals surface area (Å²) in [5.74, 6) is -0.178. The summed E-state index contributed by atoms with van der Waals surface area (Å²) in [4.78, 5) is 37.6. The zero-order valence-corrected chi connectivity index (χ0v) is 14.1. The first-order chi connectivity index (χ1) is 12.4. The molecule has 0 radical (unpaired) electrons. The minimum Gasteiger partial charge on any atom is -0.493 e. The third-order valence-corrected chi connectivity index (χ3v) is 3.23. The van der Waals surface area contributed by atoms with Gasteiger partial charge in [-0.3, -0.25) is 14.7 Å². The summed E-state index contributed by atoms with van der Waals surface area (Å²) in [5, 5.41) is 11.0. The molecule has 2 N–H and O–H groups in total. The number of benzene rings is 1. The molecule has 10 nitrogen and oxygen atoms in total. The van der Waals surface area contributed by atoms with Crippen molar-refractivity contribution in [3.05, 3.63) is 46.5 Å². The summed E-state index contributed by atoms with van der Waals surface area (Å²) < 4.78 is 16.2. The lowest BCUT2D eigenvalue weighted by molar-refractivity contribution is -0.137. The second-order valence-corrected chi connectivity index (χ2v) is 5.01. The largest absolute Gasteiger partial charge is 0.493 e. The number of carbonyl (C=O) groups excluding carboxylic acids is 1. The summed E-state index contributed by atoms with van der Waals surface area (Å²) in [7, 11) is 3.01. The van der Waals surface area contributed by atoms with Crippen molar-refractivity contribution in [2.75, 3.05) is 19.5 Å². The van der Waals surface area contributed by atoms with Gasteiger partial charge in [0.25, 0.3) is 0 Å². The maximum absolute atomic E-state index is 11.8. The van der Waals surface area contributed by atoms with Gasteiger partial charge < -0.3 is 19.3 Å². The summed E-state index contributed by atoms with van der Waals surface area (Å²) in [5.41, 5.74) is -0.132. The van der Waals surface area contributed by atoms with Crippen molar-refractivity contribution in [1.29, 1.82) is 0 Å². The Kier molecular flexibility index (Phi) is 6.15. The van der Waals surface area contributed by atoms with E-state index < -0.39 is 24.3 Å². The van der Waals surface area contributed by atoms with Crippen LogP contribution in [0.15, 0.2) is 35.3 Å². The molecule has 10 heteroatoms. The zero-order chi connectivity index (χ0) is 19.1. The van der Waals surface area contributed by atoms with E-state index in [4.69, 9.17) is 19.3 Å². The van der Waals surface area contributed by atoms with Gasteiger partial charge in [-0.25, -0.2) is 9.59 Å². The van der Waals surface area contributed by atoms with Gasteiger partial charge in [0, 0.05) is 6.20 Å². The Morgan fingerprint density at radius 1 is 1.19 bits per heavy atom. The van der Waals surface area contributed by atoms with Crippen molar-refractivity contribution in [2.45, 2.75) is 13.2 Å². The van der Waals surface area contributed by atoms with E-state index in [1.165, 1.54) is 26.5 Å². The second-order valence-electron chi connectivity index (χ2n) is 5.01. The Labute approximate surface area is 147 Å². The van der Waals surface area contributed by atoms with Crippen molar-refractivity contribution in [3.63, 3.8) is 0 Å². The Balaban J connectivity index is 1.96. The molecule has 1 amide bonds. The number of aliphatic carboxylic acids is 1. The van der Waals surface area contributed by atoms with Gasteiger partial charge in [0.15, 0.2) is 11.5 Å². The summed E-state index contributed by atoms with van der Waals surface area (Å²) >= 11 is 0. The third kappa shape index (κ3) is 4.97. The fourth-order valence-corrected chi connectivity index (χ4v) is 2.02. The van der Waals surface area contributed by atoms with E-state index >= 15 is 0 Å². The minimum absolute atomic E-state index is 0.0394. The van der Waals surface area contributed by atoms with Crippen molar-refractivity contribution in [3.8, 4) is 11.5 Å². The van der Waals surface area contributed by atoms with Crippen molar-refractivity contribution < 1.29 is 28.9 Å². The number of carbonyl (C=O) groups is 2. The fraction of sp³-hybridized carbons (Fsp3) is 0.250. The molecule has 0 aliphatic rings. The lowest BCUT2D eigenvalue weighted by atomic mass is 10.2. The van der Waals surface area contributed by atoms with E-state index in [9.17, 15) is 14.4 Å². The maximum atomic E-state index is 11.8. The molecule has 1 aromatic carbocycles. The number of hydrogen-bond donors (Lipinski definition) is 2. The number of nitrogens with one attached hydrogen (secondary N) is 1. The van der Waals surface area contributed by atoms with E-state index in [-0.39, 0.29) is 12.4 Å². The molecule has 2 rings (SSSR count). The highest BCUT2D eigenvalue weighted by atomic mass is 16.5. The molecular formula is C16H17N3O7. The predicted octanol–water partition coefficient (Wildman–Crippen LogP) is 1.09. The van der Waals surface area contributed by atoms with Crippen LogP contribution in [0.2, 0.25) is 0 Å². The molecule has 0 bridgehead atoms. The van der Waals surface area contributed by atoms with Gasteiger partial charge >= 0.3 is 17.8 Å². The Morgan fingerprint density at radius 3 is 2.54 bits per heavy atom. The monoisotopic (exact) mass is 363 g/mol. The molecule has 0 fully saturated rings. The topological polar surface area (TPSA) is 129 Å². The number of hydrogen-bond acceptors (Lipinski definition) is 7. The van der Waals surface area contributed by atoms with Gasteiger partial charge in [0.05, 0.1) is 14.2 Å². The van der Waals surface area contributed by atoms with Gasteiger partial charge in [-0.1, -0.05) is 6.07 Å². The summed E-state index contributed by atoms with van der Waals surface area (Å²) in [6.07, 6.45) is 0.399. The van der Waals surface area contributed by atoms with Crippen LogP contribution in [-0.4, -0.2) is 40.9 Å². The molecule has 0 aliphatic heterocycles. The van der Waals surface area contributed by atoms with Gasteiger partial charge in [-0.15, -0.1) is 0 Å². The van der Waals surface area contributed by atoms with Crippen LogP contribution in [0, 0.1) is 0 Å². The molecule has 0 saturated heterocycles. The number of ether oxygens (including phenoxy) is 3. The van der Waals surface area contributed by atoms with Crippen molar-refractivity contribution in [1.82, 2.24) is 9.55 Å². The smallest absolute Gasteiger partial charge is 0.413 e. The lowest BCUT2D eigenvalue weighted by Crippen LogP contribution is -2.27. The number of carboxylic acids is 1. The number of nitrogens with zero attached hydrogens (tertiary/aromatic N) is 2. The highest BCUT2D eigenvalue weighted by Crippen LogP contribution is 2.27. The van der Waals surface area contributed by atoms with E-state index in [1.807, 2.05) is 0 Å². The number of amides is 1. The second kappa shape index (κ2) is 8.51. The average molecular weight is 363 g/mol. The molecule has 26 heavy (non-hydrogen) atoms. The van der Waals surface area contributed by atoms with E-state index in [0.29, 0.717) is 17.1 Å². The number of rotatable bonds is 7. The number of methoxy groups -OCH3 is 2. The molecule has 0 spiro atoms.